The molecule has 0 saturated heterocycles. The number of halogens is 1. The molecule has 0 radical (unpaired) electrons. The molecule has 1 aliphatic rings. The third-order valence-corrected chi connectivity index (χ3v) is 4.60. The Kier molecular flexibility index (Phi) is 4.39. The summed E-state index contributed by atoms with van der Waals surface area (Å²) >= 11 is 0. The first kappa shape index (κ1) is 16.3. The fraction of sp³-hybridized carbons (Fsp3) is 0.368. The number of terminal acetylenes is 1. The lowest BCUT2D eigenvalue weighted by Gasteiger charge is -2.24. The minimum absolute atomic E-state index is 0.187. The average molecular weight is 326 g/mol. The lowest BCUT2D eigenvalue weighted by Crippen LogP contribution is -2.31. The molecule has 124 valence electrons. The van der Waals surface area contributed by atoms with Crippen LogP contribution < -0.4 is 0 Å². The number of aromatic nitrogens is 2. The number of imidazole rings is 1. The van der Waals surface area contributed by atoms with Gasteiger partial charge in [0.25, 0.3) is 0 Å². The molecule has 1 aromatic heterocycles. The zero-order chi connectivity index (χ0) is 17.2. The van der Waals surface area contributed by atoms with Crippen molar-refractivity contribution in [2.45, 2.75) is 44.2 Å². The quantitative estimate of drug-likeness (QED) is 0.635. The van der Waals surface area contributed by atoms with Crippen molar-refractivity contribution in [1.82, 2.24) is 9.55 Å². The Morgan fingerprint density at radius 2 is 2.04 bits per heavy atom. The smallest absolute Gasteiger partial charge is 0.361 e. The normalized spacial score (nSPS) is 17.2. The number of carbonyl (C=O) groups excluding carboxylic acids is 1. The third kappa shape index (κ3) is 2.92. The van der Waals surface area contributed by atoms with Crippen LogP contribution in [0.1, 0.15) is 54.7 Å². The summed E-state index contributed by atoms with van der Waals surface area (Å²) in [5, 5.41) is 0. The Hall–Kier alpha value is -2.61. The van der Waals surface area contributed by atoms with Crippen molar-refractivity contribution in [3.63, 3.8) is 0 Å². The largest absolute Gasteiger partial charge is 0.441 e. The highest BCUT2D eigenvalue weighted by atomic mass is 19.1. The Labute approximate surface area is 140 Å². The summed E-state index contributed by atoms with van der Waals surface area (Å²) in [6.45, 7) is 1.87. The highest BCUT2D eigenvalue weighted by Crippen LogP contribution is 2.34. The Bertz CT molecular complexity index is 770. The first-order chi connectivity index (χ1) is 11.6. The summed E-state index contributed by atoms with van der Waals surface area (Å²) in [5.74, 6) is 0.978. The van der Waals surface area contributed by atoms with Crippen molar-refractivity contribution >= 4 is 5.97 Å². The molecule has 1 saturated carbocycles. The third-order valence-electron chi connectivity index (χ3n) is 4.60. The van der Waals surface area contributed by atoms with Gasteiger partial charge in [-0.3, -0.25) is 0 Å². The van der Waals surface area contributed by atoms with E-state index in [2.05, 4.69) is 10.9 Å². The van der Waals surface area contributed by atoms with Crippen LogP contribution in [0.5, 0.6) is 0 Å². The maximum Gasteiger partial charge on any atom is 0.361 e. The second-order valence-electron chi connectivity index (χ2n) is 6.11. The van der Waals surface area contributed by atoms with Crippen LogP contribution in [0.2, 0.25) is 0 Å². The van der Waals surface area contributed by atoms with Crippen LogP contribution in [0.3, 0.4) is 0 Å². The minimum Gasteiger partial charge on any atom is -0.441 e. The highest BCUT2D eigenvalue weighted by Gasteiger charge is 2.38. The first-order valence-corrected chi connectivity index (χ1v) is 8.05. The predicted octanol–water partition coefficient (Wildman–Crippen LogP) is 3.73. The van der Waals surface area contributed by atoms with Crippen LogP contribution in [0.4, 0.5) is 4.39 Å². The minimum atomic E-state index is -0.922. The maximum absolute atomic E-state index is 14.2. The van der Waals surface area contributed by atoms with Gasteiger partial charge < -0.3 is 9.30 Å². The summed E-state index contributed by atoms with van der Waals surface area (Å²) in [4.78, 5) is 16.2. The van der Waals surface area contributed by atoms with Crippen molar-refractivity contribution < 1.29 is 13.9 Å². The van der Waals surface area contributed by atoms with Gasteiger partial charge in [0.1, 0.15) is 0 Å². The molecular formula is C19H19FN2O2. The first-order valence-electron chi connectivity index (χ1n) is 8.05. The molecule has 4 nitrogen and oxygen atoms in total. The molecule has 0 amide bonds. The van der Waals surface area contributed by atoms with Crippen molar-refractivity contribution in [2.24, 2.45) is 0 Å². The molecule has 0 aliphatic heterocycles. The second kappa shape index (κ2) is 6.48. The van der Waals surface area contributed by atoms with Crippen molar-refractivity contribution in [2.75, 3.05) is 0 Å². The van der Waals surface area contributed by atoms with E-state index in [1.165, 1.54) is 10.9 Å². The van der Waals surface area contributed by atoms with E-state index in [9.17, 15) is 9.18 Å². The molecule has 3 rings (SSSR count). The number of hydrogen-bond donors (Lipinski definition) is 0. The van der Waals surface area contributed by atoms with Gasteiger partial charge in [-0.1, -0.05) is 36.3 Å². The Morgan fingerprint density at radius 3 is 2.67 bits per heavy atom. The van der Waals surface area contributed by atoms with Crippen LogP contribution in [0.15, 0.2) is 36.7 Å². The van der Waals surface area contributed by atoms with Gasteiger partial charge in [0.05, 0.1) is 12.4 Å². The molecule has 0 N–H and O–H groups in total. The SMILES string of the molecule is C#CC1(OC(=O)c2c(F)ncn2[C@H](C)c2ccccc2)CCCC1. The van der Waals surface area contributed by atoms with Gasteiger partial charge in [0.15, 0.2) is 11.3 Å². The van der Waals surface area contributed by atoms with Crippen LogP contribution in [-0.2, 0) is 4.74 Å². The second-order valence-corrected chi connectivity index (χ2v) is 6.11. The number of ether oxygens (including phenoxy) is 1. The average Bonchev–Trinajstić information content (AvgIpc) is 3.22. The Morgan fingerprint density at radius 1 is 1.38 bits per heavy atom. The fourth-order valence-electron chi connectivity index (χ4n) is 3.16. The number of benzene rings is 1. The van der Waals surface area contributed by atoms with E-state index in [1.807, 2.05) is 37.3 Å². The monoisotopic (exact) mass is 326 g/mol. The number of hydrogen-bond acceptors (Lipinski definition) is 3. The molecule has 1 aliphatic carbocycles. The highest BCUT2D eigenvalue weighted by molar-refractivity contribution is 5.88. The van der Waals surface area contributed by atoms with Gasteiger partial charge >= 0.3 is 5.97 Å². The molecule has 2 aromatic rings. The molecule has 1 atom stereocenters. The summed E-state index contributed by atoms with van der Waals surface area (Å²) in [5.41, 5.74) is -0.168. The molecule has 0 spiro atoms. The molecule has 1 aromatic carbocycles. The van der Waals surface area contributed by atoms with Gasteiger partial charge in [-0.25, -0.2) is 9.78 Å². The Balaban J connectivity index is 1.90. The van der Waals surface area contributed by atoms with Gasteiger partial charge in [-0.2, -0.15) is 4.39 Å². The van der Waals surface area contributed by atoms with Gasteiger partial charge in [-0.05, 0) is 38.2 Å². The van der Waals surface area contributed by atoms with E-state index in [-0.39, 0.29) is 11.7 Å². The van der Waals surface area contributed by atoms with Crippen molar-refractivity contribution in [3.05, 3.63) is 53.9 Å². The maximum atomic E-state index is 14.2. The molecule has 0 bridgehead atoms. The topological polar surface area (TPSA) is 44.1 Å². The molecule has 1 heterocycles. The van der Waals surface area contributed by atoms with Gasteiger partial charge in [0.2, 0.25) is 5.95 Å². The zero-order valence-electron chi connectivity index (χ0n) is 13.5. The fourth-order valence-corrected chi connectivity index (χ4v) is 3.16. The molecule has 24 heavy (non-hydrogen) atoms. The lowest BCUT2D eigenvalue weighted by atomic mass is 10.0. The van der Waals surface area contributed by atoms with Crippen LogP contribution in [-0.4, -0.2) is 21.1 Å². The summed E-state index contributed by atoms with van der Waals surface area (Å²) in [7, 11) is 0. The zero-order valence-corrected chi connectivity index (χ0v) is 13.5. The molecule has 1 fully saturated rings. The number of esters is 1. The standard InChI is InChI=1S/C19H19FN2O2/c1-3-19(11-7-8-12-19)24-18(23)16-17(20)21-13-22(16)14(2)15-9-5-4-6-10-15/h1,4-6,9-10,13-14H,7-8,11-12H2,2H3/t14-/m1/s1. The van der Waals surface area contributed by atoms with Gasteiger partial charge in [-0.15, -0.1) is 6.42 Å². The van der Waals surface area contributed by atoms with Crippen molar-refractivity contribution in [1.29, 1.82) is 0 Å². The van der Waals surface area contributed by atoms with E-state index in [4.69, 9.17) is 11.2 Å². The summed E-state index contributed by atoms with van der Waals surface area (Å²) < 4.78 is 21.2. The number of carbonyl (C=O) groups is 1. The molecule has 5 heteroatoms. The summed E-state index contributed by atoms with van der Waals surface area (Å²) in [6, 6.07) is 9.26. The molecular weight excluding hydrogens is 307 g/mol. The van der Waals surface area contributed by atoms with Crippen molar-refractivity contribution in [3.8, 4) is 12.3 Å². The number of nitrogens with zero attached hydrogens (tertiary/aromatic N) is 2. The van der Waals surface area contributed by atoms with E-state index < -0.39 is 17.5 Å². The lowest BCUT2D eigenvalue weighted by molar-refractivity contribution is 0.00853. The van der Waals surface area contributed by atoms with Crippen LogP contribution in [0.25, 0.3) is 0 Å². The molecule has 0 unspecified atom stereocenters. The van der Waals surface area contributed by atoms with E-state index >= 15 is 0 Å². The van der Waals surface area contributed by atoms with Gasteiger partial charge in [0, 0.05) is 0 Å². The van der Waals surface area contributed by atoms with Crippen LogP contribution >= 0.6 is 0 Å². The predicted molar refractivity (Wildman–Crippen MR) is 87.9 cm³/mol. The van der Waals surface area contributed by atoms with Crippen LogP contribution in [0, 0.1) is 18.3 Å². The van der Waals surface area contributed by atoms with E-state index in [1.54, 1.807) is 0 Å². The van der Waals surface area contributed by atoms with E-state index in [0.29, 0.717) is 12.8 Å². The summed E-state index contributed by atoms with van der Waals surface area (Å²) in [6.07, 6.45) is 9.90. The van der Waals surface area contributed by atoms with E-state index in [0.717, 1.165) is 18.4 Å². The number of rotatable bonds is 4.